The number of hydrogen-bond acceptors (Lipinski definition) is 1. The molecule has 0 saturated carbocycles. The second kappa shape index (κ2) is 4.74. The van der Waals surface area contributed by atoms with Gasteiger partial charge in [-0.15, -0.1) is 0 Å². The van der Waals surface area contributed by atoms with Gasteiger partial charge in [0.2, 0.25) is 0 Å². The summed E-state index contributed by atoms with van der Waals surface area (Å²) < 4.78 is 8.74. The van der Waals surface area contributed by atoms with Crippen LogP contribution in [0.1, 0.15) is 24.6 Å². The molecule has 1 aromatic heterocycles. The second-order valence-electron chi connectivity index (χ2n) is 5.84. The van der Waals surface area contributed by atoms with Gasteiger partial charge in [-0.1, -0.05) is 48.5 Å². The Morgan fingerprint density at radius 1 is 1.00 bits per heavy atom. The van der Waals surface area contributed by atoms with Gasteiger partial charge in [-0.25, -0.2) is 0 Å². The minimum absolute atomic E-state index is 0.378. The van der Waals surface area contributed by atoms with Crippen LogP contribution in [-0.2, 0) is 16.9 Å². The van der Waals surface area contributed by atoms with Gasteiger partial charge in [0.05, 0.1) is 12.3 Å². The lowest BCUT2D eigenvalue weighted by Crippen LogP contribution is -2.28. The Bertz CT molecular complexity index is 775. The van der Waals surface area contributed by atoms with E-state index in [9.17, 15) is 0 Å². The minimum atomic E-state index is -0.378. The number of benzene rings is 2. The quantitative estimate of drug-likeness (QED) is 0.646. The molecule has 0 bridgehead atoms. The highest BCUT2D eigenvalue weighted by molar-refractivity contribution is 5.82. The topological polar surface area (TPSA) is 14.2 Å². The van der Waals surface area contributed by atoms with Crippen molar-refractivity contribution in [2.24, 2.45) is 0 Å². The van der Waals surface area contributed by atoms with Crippen LogP contribution in [-0.4, -0.2) is 11.2 Å². The molecular formula is C19H19NO. The highest BCUT2D eigenvalue weighted by Crippen LogP contribution is 2.38. The van der Waals surface area contributed by atoms with Crippen molar-refractivity contribution in [3.05, 3.63) is 71.9 Å². The Kier molecular flexibility index (Phi) is 2.86. The van der Waals surface area contributed by atoms with Crippen LogP contribution in [0.3, 0.4) is 0 Å². The number of aromatic nitrogens is 1. The Morgan fingerprint density at radius 3 is 2.62 bits per heavy atom. The predicted molar refractivity (Wildman–Crippen MR) is 85.4 cm³/mol. The van der Waals surface area contributed by atoms with Gasteiger partial charge in [-0.3, -0.25) is 0 Å². The fourth-order valence-corrected chi connectivity index (χ4v) is 3.41. The second-order valence-corrected chi connectivity index (χ2v) is 5.84. The highest BCUT2D eigenvalue weighted by atomic mass is 16.5. The summed E-state index contributed by atoms with van der Waals surface area (Å²) in [5.41, 5.74) is 3.40. The maximum Gasteiger partial charge on any atom is 0.130 e. The summed E-state index contributed by atoms with van der Waals surface area (Å²) in [6.07, 6.45) is 1.05. The van der Waals surface area contributed by atoms with E-state index in [1.165, 1.54) is 22.2 Å². The molecule has 1 aliphatic heterocycles. The number of aryl methyl sites for hydroxylation is 1. The summed E-state index contributed by atoms with van der Waals surface area (Å²) in [6, 6.07) is 21.4. The highest BCUT2D eigenvalue weighted by Gasteiger charge is 2.35. The maximum absolute atomic E-state index is 6.31. The molecule has 2 nitrogen and oxygen atoms in total. The molecule has 0 saturated heterocycles. The largest absolute Gasteiger partial charge is 0.364 e. The molecule has 0 amide bonds. The van der Waals surface area contributed by atoms with Gasteiger partial charge in [-0.2, -0.15) is 0 Å². The van der Waals surface area contributed by atoms with Gasteiger partial charge in [0, 0.05) is 12.1 Å². The van der Waals surface area contributed by atoms with Gasteiger partial charge >= 0.3 is 0 Å². The van der Waals surface area contributed by atoms with E-state index in [4.69, 9.17) is 4.74 Å². The van der Waals surface area contributed by atoms with Crippen LogP contribution in [0.25, 0.3) is 10.9 Å². The molecule has 0 fully saturated rings. The third kappa shape index (κ3) is 1.90. The summed E-state index contributed by atoms with van der Waals surface area (Å²) in [5, 5.41) is 1.29. The van der Waals surface area contributed by atoms with Gasteiger partial charge in [0.1, 0.15) is 5.60 Å². The monoisotopic (exact) mass is 277 g/mol. The normalized spacial score (nSPS) is 22.0. The Labute approximate surface area is 125 Å². The SMILES string of the molecule is CC1(c2ccccc2)OCCCn2c1cc1ccccc12. The molecule has 2 heterocycles. The summed E-state index contributed by atoms with van der Waals surface area (Å²) in [5.74, 6) is 0. The van der Waals surface area contributed by atoms with Gasteiger partial charge in [0.15, 0.2) is 0 Å². The molecule has 0 N–H and O–H groups in total. The number of ether oxygens (including phenoxy) is 1. The van der Waals surface area contributed by atoms with Crippen LogP contribution in [0.15, 0.2) is 60.7 Å². The predicted octanol–water partition coefficient (Wildman–Crippen LogP) is 4.33. The van der Waals surface area contributed by atoms with E-state index in [0.29, 0.717) is 0 Å². The Hall–Kier alpha value is -2.06. The third-order valence-corrected chi connectivity index (χ3v) is 4.54. The van der Waals surface area contributed by atoms with Crippen LogP contribution in [0.2, 0.25) is 0 Å². The number of para-hydroxylation sites is 1. The first-order valence-electron chi connectivity index (χ1n) is 7.57. The molecule has 4 rings (SSSR count). The smallest absolute Gasteiger partial charge is 0.130 e. The molecule has 106 valence electrons. The third-order valence-electron chi connectivity index (χ3n) is 4.54. The first-order valence-corrected chi connectivity index (χ1v) is 7.57. The molecule has 1 atom stereocenters. The molecule has 3 aromatic rings. The van der Waals surface area contributed by atoms with E-state index in [-0.39, 0.29) is 5.60 Å². The standard InChI is InChI=1S/C19H19NO/c1-19(16-9-3-2-4-10-16)18-14-15-8-5-6-11-17(15)20(18)12-7-13-21-19/h2-6,8-11,14H,7,12-13H2,1H3. The molecule has 1 unspecified atom stereocenters. The van der Waals surface area contributed by atoms with E-state index in [0.717, 1.165) is 19.6 Å². The number of fused-ring (bicyclic) bond motifs is 3. The lowest BCUT2D eigenvalue weighted by atomic mass is 9.92. The van der Waals surface area contributed by atoms with Crippen LogP contribution in [0, 0.1) is 0 Å². The van der Waals surface area contributed by atoms with E-state index < -0.39 is 0 Å². The van der Waals surface area contributed by atoms with Crippen molar-refractivity contribution < 1.29 is 4.74 Å². The molecule has 2 heteroatoms. The zero-order chi connectivity index (χ0) is 14.3. The van der Waals surface area contributed by atoms with Crippen molar-refractivity contribution in [2.75, 3.05) is 6.61 Å². The summed E-state index contributed by atoms with van der Waals surface area (Å²) in [7, 11) is 0. The molecule has 0 radical (unpaired) electrons. The average Bonchev–Trinajstić information content (AvgIpc) is 2.83. The van der Waals surface area contributed by atoms with E-state index >= 15 is 0 Å². The van der Waals surface area contributed by atoms with Crippen molar-refractivity contribution >= 4 is 10.9 Å². The minimum Gasteiger partial charge on any atom is -0.364 e. The number of nitrogens with zero attached hydrogens (tertiary/aromatic N) is 1. The van der Waals surface area contributed by atoms with Gasteiger partial charge in [-0.05, 0) is 36.4 Å². The van der Waals surface area contributed by atoms with Crippen molar-refractivity contribution in [3.8, 4) is 0 Å². The molecule has 0 aliphatic carbocycles. The number of hydrogen-bond donors (Lipinski definition) is 0. The maximum atomic E-state index is 6.31. The Balaban J connectivity index is 1.99. The average molecular weight is 277 g/mol. The van der Waals surface area contributed by atoms with Crippen molar-refractivity contribution in [3.63, 3.8) is 0 Å². The fourth-order valence-electron chi connectivity index (χ4n) is 3.41. The van der Waals surface area contributed by atoms with Gasteiger partial charge in [0.25, 0.3) is 0 Å². The van der Waals surface area contributed by atoms with Crippen LogP contribution in [0.4, 0.5) is 0 Å². The van der Waals surface area contributed by atoms with E-state index in [1.807, 2.05) is 0 Å². The zero-order valence-electron chi connectivity index (χ0n) is 12.3. The lowest BCUT2D eigenvalue weighted by Gasteiger charge is -2.29. The van der Waals surface area contributed by atoms with Crippen LogP contribution < -0.4 is 0 Å². The van der Waals surface area contributed by atoms with Crippen molar-refractivity contribution in [2.45, 2.75) is 25.5 Å². The number of rotatable bonds is 1. The first-order chi connectivity index (χ1) is 10.3. The summed E-state index contributed by atoms with van der Waals surface area (Å²) in [6.45, 7) is 4.00. The van der Waals surface area contributed by atoms with E-state index in [1.54, 1.807) is 0 Å². The summed E-state index contributed by atoms with van der Waals surface area (Å²) >= 11 is 0. The van der Waals surface area contributed by atoms with Crippen LogP contribution in [0.5, 0.6) is 0 Å². The van der Waals surface area contributed by atoms with Crippen LogP contribution >= 0.6 is 0 Å². The van der Waals surface area contributed by atoms with Crippen molar-refractivity contribution in [1.82, 2.24) is 4.57 Å². The summed E-state index contributed by atoms with van der Waals surface area (Å²) in [4.78, 5) is 0. The molecule has 1 aliphatic rings. The first kappa shape index (κ1) is 12.7. The molecule has 2 aromatic carbocycles. The molecule has 21 heavy (non-hydrogen) atoms. The van der Waals surface area contributed by atoms with E-state index in [2.05, 4.69) is 72.2 Å². The lowest BCUT2D eigenvalue weighted by molar-refractivity contribution is -0.00117. The fraction of sp³-hybridized carbons (Fsp3) is 0.263. The van der Waals surface area contributed by atoms with Gasteiger partial charge < -0.3 is 9.30 Å². The Morgan fingerprint density at radius 2 is 1.76 bits per heavy atom. The van der Waals surface area contributed by atoms with Crippen molar-refractivity contribution in [1.29, 1.82) is 0 Å². The zero-order valence-corrected chi connectivity index (χ0v) is 12.3. The molecule has 0 spiro atoms. The molecular weight excluding hydrogens is 258 g/mol.